The molecule has 6 heteroatoms. The molecule has 1 aromatic carbocycles. The fraction of sp³-hybridized carbons (Fsp3) is 0.500. The fourth-order valence-corrected chi connectivity index (χ4v) is 4.05. The van der Waals surface area contributed by atoms with E-state index in [0.29, 0.717) is 0 Å². The Bertz CT molecular complexity index is 678. The maximum Gasteiger partial charge on any atom is 0.235 e. The summed E-state index contributed by atoms with van der Waals surface area (Å²) in [7, 11) is 0. The van der Waals surface area contributed by atoms with Gasteiger partial charge >= 0.3 is 0 Å². The number of nitrogens with zero attached hydrogens (tertiary/aromatic N) is 4. The van der Waals surface area contributed by atoms with Gasteiger partial charge in [0.15, 0.2) is 5.16 Å². The number of likely N-dealkylation sites (tertiary alicyclic amines) is 1. The van der Waals surface area contributed by atoms with E-state index < -0.39 is 0 Å². The Hall–Kier alpha value is -1.82. The highest BCUT2D eigenvalue weighted by atomic mass is 32.2. The van der Waals surface area contributed by atoms with E-state index in [2.05, 4.69) is 10.2 Å². The van der Waals surface area contributed by atoms with Crippen molar-refractivity contribution in [2.24, 2.45) is 0 Å². The van der Waals surface area contributed by atoms with Crippen LogP contribution < -0.4 is 0 Å². The molecule has 3 rings (SSSR count). The number of para-hydroxylation sites is 1. The van der Waals surface area contributed by atoms with Crippen molar-refractivity contribution in [1.82, 2.24) is 19.7 Å². The first-order valence-corrected chi connectivity index (χ1v) is 9.47. The van der Waals surface area contributed by atoms with Gasteiger partial charge in [0.25, 0.3) is 0 Å². The zero-order chi connectivity index (χ0) is 16.9. The second-order valence-corrected chi connectivity index (χ2v) is 7.51. The summed E-state index contributed by atoms with van der Waals surface area (Å²) in [6.07, 6.45) is 4.69. The molecule has 2 heterocycles. The maximum atomic E-state index is 12.8. The number of hydrogen-bond acceptors (Lipinski definition) is 4. The van der Waals surface area contributed by atoms with Gasteiger partial charge in [0.2, 0.25) is 5.91 Å². The smallest absolute Gasteiger partial charge is 0.235 e. The molecule has 24 heavy (non-hydrogen) atoms. The monoisotopic (exact) mass is 344 g/mol. The van der Waals surface area contributed by atoms with Gasteiger partial charge in [0.1, 0.15) is 5.82 Å². The normalized spacial score (nSPS) is 16.7. The van der Waals surface area contributed by atoms with E-state index in [4.69, 9.17) is 0 Å². The lowest BCUT2D eigenvalue weighted by Crippen LogP contribution is -2.37. The second-order valence-electron chi connectivity index (χ2n) is 6.20. The quantitative estimate of drug-likeness (QED) is 0.797. The summed E-state index contributed by atoms with van der Waals surface area (Å²) < 4.78 is 2.01. The average Bonchev–Trinajstić information content (AvgIpc) is 2.80. The van der Waals surface area contributed by atoms with Crippen LogP contribution in [0.15, 0.2) is 35.5 Å². The predicted octanol–water partition coefficient (Wildman–Crippen LogP) is 3.46. The van der Waals surface area contributed by atoms with Gasteiger partial charge in [-0.1, -0.05) is 42.8 Å². The molecule has 1 aliphatic heterocycles. The number of hydrogen-bond donors (Lipinski definition) is 0. The van der Waals surface area contributed by atoms with E-state index in [0.717, 1.165) is 42.6 Å². The molecule has 1 aromatic heterocycles. The van der Waals surface area contributed by atoms with Crippen LogP contribution in [0.2, 0.25) is 0 Å². The van der Waals surface area contributed by atoms with E-state index in [-0.39, 0.29) is 11.2 Å². The lowest BCUT2D eigenvalue weighted by atomic mass is 10.2. The maximum absolute atomic E-state index is 12.8. The summed E-state index contributed by atoms with van der Waals surface area (Å²) in [6.45, 7) is 5.67. The minimum absolute atomic E-state index is 0.158. The first kappa shape index (κ1) is 17.0. The van der Waals surface area contributed by atoms with Crippen molar-refractivity contribution in [2.75, 3.05) is 13.1 Å². The van der Waals surface area contributed by atoms with Crippen LogP contribution in [0.4, 0.5) is 0 Å². The van der Waals surface area contributed by atoms with Gasteiger partial charge in [-0.05, 0) is 38.8 Å². The largest absolute Gasteiger partial charge is 0.342 e. The molecule has 0 aliphatic carbocycles. The molecule has 5 nitrogen and oxygen atoms in total. The summed E-state index contributed by atoms with van der Waals surface area (Å²) in [4.78, 5) is 14.8. The third-order valence-corrected chi connectivity index (χ3v) is 5.39. The molecule has 128 valence electrons. The molecule has 1 saturated heterocycles. The zero-order valence-corrected chi connectivity index (χ0v) is 15.1. The number of benzene rings is 1. The first-order valence-electron chi connectivity index (χ1n) is 8.59. The van der Waals surface area contributed by atoms with Crippen molar-refractivity contribution < 1.29 is 4.79 Å². The van der Waals surface area contributed by atoms with Gasteiger partial charge in [-0.15, -0.1) is 10.2 Å². The van der Waals surface area contributed by atoms with E-state index in [1.807, 2.05) is 53.6 Å². The van der Waals surface area contributed by atoms with Crippen molar-refractivity contribution in [1.29, 1.82) is 0 Å². The highest BCUT2D eigenvalue weighted by molar-refractivity contribution is 8.00. The Balaban J connectivity index is 1.75. The number of aryl methyl sites for hydroxylation is 1. The fourth-order valence-electron chi connectivity index (χ4n) is 3.05. The van der Waals surface area contributed by atoms with Crippen LogP contribution in [-0.2, 0) is 4.79 Å². The van der Waals surface area contributed by atoms with Crippen LogP contribution in [0, 0.1) is 6.92 Å². The van der Waals surface area contributed by atoms with Crippen LogP contribution in [0.3, 0.4) is 0 Å². The van der Waals surface area contributed by atoms with Crippen LogP contribution >= 0.6 is 11.8 Å². The average molecular weight is 344 g/mol. The Labute approximate surface area is 147 Å². The molecule has 0 saturated carbocycles. The van der Waals surface area contributed by atoms with Crippen LogP contribution in [-0.4, -0.2) is 43.9 Å². The van der Waals surface area contributed by atoms with E-state index in [1.54, 1.807) is 0 Å². The highest BCUT2D eigenvalue weighted by Crippen LogP contribution is 2.27. The van der Waals surface area contributed by atoms with Crippen molar-refractivity contribution in [2.45, 2.75) is 49.9 Å². The minimum atomic E-state index is -0.158. The third kappa shape index (κ3) is 3.80. The summed E-state index contributed by atoms with van der Waals surface area (Å²) in [5.41, 5.74) is 1.02. The topological polar surface area (TPSA) is 51.0 Å². The Morgan fingerprint density at radius 2 is 1.75 bits per heavy atom. The van der Waals surface area contributed by atoms with Gasteiger partial charge in [0, 0.05) is 18.8 Å². The van der Waals surface area contributed by atoms with E-state index in [9.17, 15) is 4.79 Å². The molecule has 0 unspecified atom stereocenters. The number of carbonyl (C=O) groups excluding carboxylic acids is 1. The van der Waals surface area contributed by atoms with Gasteiger partial charge in [-0.25, -0.2) is 0 Å². The van der Waals surface area contributed by atoms with Crippen molar-refractivity contribution >= 4 is 17.7 Å². The van der Waals surface area contributed by atoms with Crippen LogP contribution in [0.5, 0.6) is 0 Å². The molecule has 1 atom stereocenters. The molecule has 0 spiro atoms. The summed E-state index contributed by atoms with van der Waals surface area (Å²) in [6, 6.07) is 10.0. The van der Waals surface area contributed by atoms with Gasteiger partial charge in [-0.2, -0.15) is 0 Å². The zero-order valence-electron chi connectivity index (χ0n) is 14.3. The standard InChI is InChI=1S/C18H24N4OS/c1-14(17(23)21-12-8-3-4-9-13-21)24-18-20-19-15(2)22(18)16-10-6-5-7-11-16/h5-7,10-11,14H,3-4,8-9,12-13H2,1-2H3/t14-/m1/s1. The SMILES string of the molecule is Cc1nnc(S[C@H](C)C(=O)N2CCCCCC2)n1-c1ccccc1. The van der Waals surface area contributed by atoms with E-state index in [1.165, 1.54) is 24.6 Å². The number of amides is 1. The Morgan fingerprint density at radius 3 is 2.42 bits per heavy atom. The molecule has 2 aromatic rings. The number of carbonyl (C=O) groups is 1. The molecule has 0 radical (unpaired) electrons. The van der Waals surface area contributed by atoms with E-state index >= 15 is 0 Å². The van der Waals surface area contributed by atoms with Crippen molar-refractivity contribution in [3.63, 3.8) is 0 Å². The van der Waals surface area contributed by atoms with Crippen molar-refractivity contribution in [3.05, 3.63) is 36.2 Å². The summed E-state index contributed by atoms with van der Waals surface area (Å²) in [5.74, 6) is 1.04. The molecule has 1 aliphatic rings. The molecule has 0 bridgehead atoms. The highest BCUT2D eigenvalue weighted by Gasteiger charge is 2.24. The number of thioether (sulfide) groups is 1. The molecule has 1 fully saturated rings. The lowest BCUT2D eigenvalue weighted by molar-refractivity contribution is -0.130. The summed E-state index contributed by atoms with van der Waals surface area (Å²) in [5, 5.41) is 9.10. The first-order chi connectivity index (χ1) is 11.7. The minimum Gasteiger partial charge on any atom is -0.342 e. The van der Waals surface area contributed by atoms with Crippen molar-refractivity contribution in [3.8, 4) is 5.69 Å². The third-order valence-electron chi connectivity index (χ3n) is 4.36. The van der Waals surface area contributed by atoms with Gasteiger partial charge in [0.05, 0.1) is 5.25 Å². The molecular formula is C18H24N4OS. The Morgan fingerprint density at radius 1 is 1.08 bits per heavy atom. The van der Waals surface area contributed by atoms with Gasteiger partial charge in [-0.3, -0.25) is 9.36 Å². The number of aromatic nitrogens is 3. The second kappa shape index (κ2) is 7.83. The molecule has 1 amide bonds. The lowest BCUT2D eigenvalue weighted by Gasteiger charge is -2.23. The van der Waals surface area contributed by atoms with Crippen LogP contribution in [0.1, 0.15) is 38.4 Å². The van der Waals surface area contributed by atoms with Gasteiger partial charge < -0.3 is 4.90 Å². The number of rotatable bonds is 4. The molecule has 0 N–H and O–H groups in total. The van der Waals surface area contributed by atoms with Crippen LogP contribution in [0.25, 0.3) is 5.69 Å². The molecular weight excluding hydrogens is 320 g/mol. The predicted molar refractivity (Wildman–Crippen MR) is 96.5 cm³/mol. The summed E-state index contributed by atoms with van der Waals surface area (Å²) >= 11 is 1.49. The Kier molecular flexibility index (Phi) is 5.56.